The Morgan fingerprint density at radius 1 is 1.38 bits per heavy atom. The number of aryl methyl sites for hydroxylation is 2. The molecule has 8 heteroatoms. The molecular formula is C16H17N5O2S. The molecule has 0 bridgehead atoms. The lowest BCUT2D eigenvalue weighted by Crippen LogP contribution is -2.44. The van der Waals surface area contributed by atoms with Crippen LogP contribution in [-0.4, -0.2) is 43.0 Å². The van der Waals surface area contributed by atoms with E-state index in [1.807, 2.05) is 18.4 Å². The van der Waals surface area contributed by atoms with E-state index in [-0.39, 0.29) is 18.1 Å². The highest BCUT2D eigenvalue weighted by atomic mass is 32.1. The second kappa shape index (κ2) is 5.55. The van der Waals surface area contributed by atoms with Gasteiger partial charge in [0.25, 0.3) is 0 Å². The van der Waals surface area contributed by atoms with Crippen LogP contribution in [0.4, 0.5) is 0 Å². The number of thiazole rings is 1. The highest BCUT2D eigenvalue weighted by Crippen LogP contribution is 2.24. The monoisotopic (exact) mass is 343 g/mol. The van der Waals surface area contributed by atoms with E-state index in [0.29, 0.717) is 11.2 Å². The zero-order valence-corrected chi connectivity index (χ0v) is 14.3. The van der Waals surface area contributed by atoms with E-state index in [2.05, 4.69) is 9.97 Å². The molecule has 0 aromatic carbocycles. The topological polar surface area (TPSA) is 73.0 Å². The molecule has 4 heterocycles. The number of carbonyl (C=O) groups excluding carboxylic acids is 1. The molecule has 1 amide bonds. The quantitative estimate of drug-likeness (QED) is 0.720. The minimum Gasteiger partial charge on any atom is -0.341 e. The van der Waals surface area contributed by atoms with Crippen LogP contribution in [0.5, 0.6) is 0 Å². The summed E-state index contributed by atoms with van der Waals surface area (Å²) in [6, 6.07) is 1.89. The maximum atomic E-state index is 12.5. The highest BCUT2D eigenvalue weighted by Gasteiger charge is 2.23. The Labute approximate surface area is 142 Å². The van der Waals surface area contributed by atoms with Crippen LogP contribution in [0, 0.1) is 6.92 Å². The van der Waals surface area contributed by atoms with Crippen LogP contribution >= 0.6 is 11.3 Å². The van der Waals surface area contributed by atoms with Gasteiger partial charge in [-0.15, -0.1) is 11.3 Å². The highest BCUT2D eigenvalue weighted by molar-refractivity contribution is 7.09. The van der Waals surface area contributed by atoms with Gasteiger partial charge in [0.05, 0.1) is 16.2 Å². The van der Waals surface area contributed by atoms with Crippen molar-refractivity contribution in [1.29, 1.82) is 0 Å². The van der Waals surface area contributed by atoms with Crippen LogP contribution in [0.15, 0.2) is 22.4 Å². The lowest BCUT2D eigenvalue weighted by Gasteiger charge is -2.30. The number of carbonyl (C=O) groups is 1. The van der Waals surface area contributed by atoms with Gasteiger partial charge in [0.1, 0.15) is 6.54 Å². The number of likely N-dealkylation sites (tertiary alicyclic amines) is 1. The number of nitrogens with zero attached hydrogens (tertiary/aromatic N) is 5. The average molecular weight is 343 g/mol. The fraction of sp³-hybridized carbons (Fsp3) is 0.375. The van der Waals surface area contributed by atoms with Crippen LogP contribution in [0.1, 0.15) is 11.4 Å². The van der Waals surface area contributed by atoms with E-state index in [4.69, 9.17) is 0 Å². The lowest BCUT2D eigenvalue weighted by atomic mass is 10.2. The van der Waals surface area contributed by atoms with Crippen molar-refractivity contribution < 1.29 is 4.79 Å². The Morgan fingerprint density at radius 3 is 2.79 bits per heavy atom. The van der Waals surface area contributed by atoms with Gasteiger partial charge in [0, 0.05) is 37.3 Å². The van der Waals surface area contributed by atoms with Gasteiger partial charge >= 0.3 is 5.69 Å². The lowest BCUT2D eigenvalue weighted by molar-refractivity contribution is -0.135. The summed E-state index contributed by atoms with van der Waals surface area (Å²) < 4.78 is 2.99. The first-order valence-electron chi connectivity index (χ1n) is 7.80. The number of pyridine rings is 1. The van der Waals surface area contributed by atoms with Crippen LogP contribution in [0.3, 0.4) is 0 Å². The van der Waals surface area contributed by atoms with Crippen molar-refractivity contribution in [2.45, 2.75) is 19.9 Å². The first kappa shape index (κ1) is 15.1. The minimum absolute atomic E-state index is 0.0224. The zero-order valence-electron chi connectivity index (χ0n) is 13.5. The number of aromatic nitrogens is 4. The van der Waals surface area contributed by atoms with Crippen molar-refractivity contribution in [3.05, 3.63) is 33.1 Å². The van der Waals surface area contributed by atoms with Crippen LogP contribution in [0.2, 0.25) is 0 Å². The minimum atomic E-state index is -0.224. The third kappa shape index (κ3) is 2.34. The number of hydrogen-bond acceptors (Lipinski definition) is 5. The van der Waals surface area contributed by atoms with Gasteiger partial charge in [-0.3, -0.25) is 13.9 Å². The first-order chi connectivity index (χ1) is 11.5. The summed E-state index contributed by atoms with van der Waals surface area (Å²) in [6.45, 7) is 3.56. The molecule has 24 heavy (non-hydrogen) atoms. The Balaban J connectivity index is 1.80. The van der Waals surface area contributed by atoms with E-state index >= 15 is 0 Å². The molecule has 0 N–H and O–H groups in total. The first-order valence-corrected chi connectivity index (χ1v) is 8.68. The van der Waals surface area contributed by atoms with Gasteiger partial charge in [0.2, 0.25) is 5.91 Å². The van der Waals surface area contributed by atoms with E-state index in [1.54, 1.807) is 29.5 Å². The van der Waals surface area contributed by atoms with Crippen molar-refractivity contribution in [3.8, 4) is 11.3 Å². The summed E-state index contributed by atoms with van der Waals surface area (Å²) in [7, 11) is 1.68. The smallest absolute Gasteiger partial charge is 0.330 e. The van der Waals surface area contributed by atoms with E-state index in [1.165, 1.54) is 9.13 Å². The number of amides is 1. The summed E-state index contributed by atoms with van der Waals surface area (Å²) in [5, 5.41) is 2.94. The van der Waals surface area contributed by atoms with Gasteiger partial charge in [-0.25, -0.2) is 14.8 Å². The van der Waals surface area contributed by atoms with Crippen molar-refractivity contribution in [1.82, 2.24) is 24.0 Å². The fourth-order valence-corrected chi connectivity index (χ4v) is 3.49. The number of hydrogen-bond donors (Lipinski definition) is 0. The molecule has 0 aliphatic carbocycles. The van der Waals surface area contributed by atoms with E-state index in [9.17, 15) is 9.59 Å². The van der Waals surface area contributed by atoms with Crippen molar-refractivity contribution in [2.24, 2.45) is 7.05 Å². The maximum absolute atomic E-state index is 12.5. The third-order valence-corrected chi connectivity index (χ3v) is 5.16. The molecule has 7 nitrogen and oxygen atoms in total. The second-order valence-electron chi connectivity index (χ2n) is 5.98. The standard InChI is InChI=1S/C16H17N5O2S/c1-10-18-12(9-24-10)11-6-13-15(17-7-11)19(2)16(23)21(13)8-14(22)20-4-3-5-20/h6-7,9H,3-5,8H2,1-2H3. The summed E-state index contributed by atoms with van der Waals surface area (Å²) in [5.41, 5.74) is 2.70. The number of imidazole rings is 1. The summed E-state index contributed by atoms with van der Waals surface area (Å²) in [4.78, 5) is 35.4. The van der Waals surface area contributed by atoms with Gasteiger partial charge < -0.3 is 4.90 Å². The molecule has 4 rings (SSSR count). The molecule has 1 saturated heterocycles. The molecule has 0 spiro atoms. The van der Waals surface area contributed by atoms with Gasteiger partial charge in [-0.05, 0) is 19.4 Å². The van der Waals surface area contributed by atoms with Gasteiger partial charge in [-0.1, -0.05) is 0 Å². The number of rotatable bonds is 3. The van der Waals surface area contributed by atoms with Crippen molar-refractivity contribution in [2.75, 3.05) is 13.1 Å². The molecule has 3 aromatic rings. The Kier molecular flexibility index (Phi) is 3.49. The van der Waals surface area contributed by atoms with Crippen LogP contribution < -0.4 is 5.69 Å². The summed E-state index contributed by atoms with van der Waals surface area (Å²) >= 11 is 1.57. The second-order valence-corrected chi connectivity index (χ2v) is 7.04. The number of fused-ring (bicyclic) bond motifs is 1. The van der Waals surface area contributed by atoms with Crippen LogP contribution in [0.25, 0.3) is 22.4 Å². The molecule has 1 aliphatic heterocycles. The molecule has 0 unspecified atom stereocenters. The van der Waals surface area contributed by atoms with Crippen molar-refractivity contribution >= 4 is 28.4 Å². The molecule has 0 radical (unpaired) electrons. The molecule has 3 aromatic heterocycles. The average Bonchev–Trinajstić information content (AvgIpc) is 3.03. The summed E-state index contributed by atoms with van der Waals surface area (Å²) in [6.07, 6.45) is 2.75. The molecule has 1 fully saturated rings. The van der Waals surface area contributed by atoms with Gasteiger partial charge in [0.15, 0.2) is 5.65 Å². The molecule has 0 saturated carbocycles. The molecule has 0 atom stereocenters. The SMILES string of the molecule is Cc1nc(-c2cnc3c(c2)n(CC(=O)N2CCC2)c(=O)n3C)cs1. The largest absolute Gasteiger partial charge is 0.341 e. The predicted molar refractivity (Wildman–Crippen MR) is 92.0 cm³/mol. The molecule has 124 valence electrons. The van der Waals surface area contributed by atoms with E-state index < -0.39 is 0 Å². The molecular weight excluding hydrogens is 326 g/mol. The Bertz CT molecular complexity index is 996. The summed E-state index contributed by atoms with van der Waals surface area (Å²) in [5.74, 6) is -0.0224. The van der Waals surface area contributed by atoms with E-state index in [0.717, 1.165) is 35.8 Å². The Hall–Kier alpha value is -2.48. The fourth-order valence-electron chi connectivity index (χ4n) is 2.87. The predicted octanol–water partition coefficient (Wildman–Crippen LogP) is 1.40. The third-order valence-electron chi connectivity index (χ3n) is 4.39. The molecule has 1 aliphatic rings. The zero-order chi connectivity index (χ0) is 16.8. The Morgan fingerprint density at radius 2 is 2.17 bits per heavy atom. The van der Waals surface area contributed by atoms with Crippen LogP contribution in [-0.2, 0) is 18.4 Å². The van der Waals surface area contributed by atoms with Gasteiger partial charge in [-0.2, -0.15) is 0 Å². The maximum Gasteiger partial charge on any atom is 0.330 e. The normalized spacial score (nSPS) is 14.2. The van der Waals surface area contributed by atoms with Crippen molar-refractivity contribution in [3.63, 3.8) is 0 Å².